The van der Waals surface area contributed by atoms with Crippen LogP contribution in [0.15, 0.2) is 41.2 Å². The summed E-state index contributed by atoms with van der Waals surface area (Å²) in [5, 5.41) is 3.54. The van der Waals surface area contributed by atoms with Crippen LogP contribution in [0.3, 0.4) is 0 Å². The Labute approximate surface area is 197 Å². The van der Waals surface area contributed by atoms with Gasteiger partial charge in [0.2, 0.25) is 11.7 Å². The van der Waals surface area contributed by atoms with Gasteiger partial charge in [-0.1, -0.05) is 18.6 Å². The highest BCUT2D eigenvalue weighted by Crippen LogP contribution is 2.38. The summed E-state index contributed by atoms with van der Waals surface area (Å²) in [6.07, 6.45) is 2.70. The number of aromatic amines is 1. The van der Waals surface area contributed by atoms with Crippen LogP contribution in [0.5, 0.6) is 17.2 Å². The number of benzene rings is 2. The van der Waals surface area contributed by atoms with E-state index in [1.165, 1.54) is 0 Å². The first-order valence-electron chi connectivity index (χ1n) is 10.8. The van der Waals surface area contributed by atoms with Crippen molar-refractivity contribution in [2.75, 3.05) is 21.3 Å². The van der Waals surface area contributed by atoms with E-state index in [1.807, 2.05) is 30.3 Å². The third-order valence-electron chi connectivity index (χ3n) is 5.39. The van der Waals surface area contributed by atoms with Gasteiger partial charge in [0, 0.05) is 19.5 Å². The van der Waals surface area contributed by atoms with Crippen LogP contribution in [0.2, 0.25) is 0 Å². The Bertz CT molecular complexity index is 1210. The Hall–Kier alpha value is -3.33. The standard InChI is InChI=1S/C24H29N3O5S/c1-30-19-13-16(14-20(31-2)22(19)32-3)15-25-21(28)11-5-4-8-12-27-23(29)17-9-6-7-10-18(17)26-24(27)33/h6-7,9-10,13-14H,4-5,8,11-12,15H2,1-3H3,(H,25,28)(H,26,33). The summed E-state index contributed by atoms with van der Waals surface area (Å²) < 4.78 is 18.0. The summed E-state index contributed by atoms with van der Waals surface area (Å²) in [6.45, 7) is 0.878. The summed E-state index contributed by atoms with van der Waals surface area (Å²) in [6, 6.07) is 11.0. The van der Waals surface area contributed by atoms with Crippen LogP contribution >= 0.6 is 12.2 Å². The van der Waals surface area contributed by atoms with Crippen molar-refractivity contribution in [2.45, 2.75) is 38.8 Å². The summed E-state index contributed by atoms with van der Waals surface area (Å²) in [4.78, 5) is 28.0. The zero-order valence-corrected chi connectivity index (χ0v) is 19.9. The van der Waals surface area contributed by atoms with Gasteiger partial charge >= 0.3 is 0 Å². The van der Waals surface area contributed by atoms with Crippen molar-refractivity contribution >= 4 is 29.0 Å². The lowest BCUT2D eigenvalue weighted by molar-refractivity contribution is -0.121. The predicted molar refractivity (Wildman–Crippen MR) is 130 cm³/mol. The van der Waals surface area contributed by atoms with Crippen LogP contribution in [0.25, 0.3) is 10.9 Å². The molecular weight excluding hydrogens is 442 g/mol. The topological polar surface area (TPSA) is 94.6 Å². The number of H-pyrrole nitrogens is 1. The molecule has 0 spiro atoms. The molecular formula is C24H29N3O5S. The molecule has 176 valence electrons. The van der Waals surface area contributed by atoms with Gasteiger partial charge in [-0.15, -0.1) is 0 Å². The summed E-state index contributed by atoms with van der Waals surface area (Å²) in [7, 11) is 4.66. The van der Waals surface area contributed by atoms with E-state index in [0.717, 1.165) is 30.3 Å². The van der Waals surface area contributed by atoms with Crippen molar-refractivity contribution in [3.05, 3.63) is 57.1 Å². The molecule has 2 aromatic carbocycles. The second-order valence-electron chi connectivity index (χ2n) is 7.55. The molecule has 0 aliphatic rings. The summed E-state index contributed by atoms with van der Waals surface area (Å²) >= 11 is 5.34. The normalized spacial score (nSPS) is 10.8. The number of aromatic nitrogens is 2. The minimum atomic E-state index is -0.0857. The maximum Gasteiger partial charge on any atom is 0.262 e. The van der Waals surface area contributed by atoms with Crippen molar-refractivity contribution in [1.82, 2.24) is 14.9 Å². The second-order valence-corrected chi connectivity index (χ2v) is 7.94. The van der Waals surface area contributed by atoms with Crippen LogP contribution in [0.4, 0.5) is 0 Å². The molecule has 3 rings (SSSR count). The average Bonchev–Trinajstić information content (AvgIpc) is 2.83. The molecule has 1 aromatic heterocycles. The number of unbranched alkanes of at least 4 members (excludes halogenated alkanes) is 2. The van der Waals surface area contributed by atoms with E-state index in [2.05, 4.69) is 10.3 Å². The van der Waals surface area contributed by atoms with Gasteiger partial charge in [0.15, 0.2) is 16.3 Å². The maximum absolute atomic E-state index is 12.7. The molecule has 0 bridgehead atoms. The number of carbonyl (C=O) groups excluding carboxylic acids is 1. The number of carbonyl (C=O) groups is 1. The molecule has 0 saturated heterocycles. The molecule has 2 N–H and O–H groups in total. The summed E-state index contributed by atoms with van der Waals surface area (Å²) in [5.41, 5.74) is 1.51. The highest BCUT2D eigenvalue weighted by molar-refractivity contribution is 7.71. The van der Waals surface area contributed by atoms with Crippen molar-refractivity contribution in [3.63, 3.8) is 0 Å². The lowest BCUT2D eigenvalue weighted by Crippen LogP contribution is -2.23. The average molecular weight is 472 g/mol. The third-order valence-corrected chi connectivity index (χ3v) is 5.71. The Morgan fingerprint density at radius 3 is 2.39 bits per heavy atom. The zero-order valence-electron chi connectivity index (χ0n) is 19.1. The quantitative estimate of drug-likeness (QED) is 0.325. The number of fused-ring (bicyclic) bond motifs is 1. The minimum Gasteiger partial charge on any atom is -0.493 e. The van der Waals surface area contributed by atoms with E-state index in [1.54, 1.807) is 32.0 Å². The van der Waals surface area contributed by atoms with E-state index < -0.39 is 0 Å². The van der Waals surface area contributed by atoms with Crippen LogP contribution in [-0.4, -0.2) is 36.8 Å². The molecule has 1 heterocycles. The number of ether oxygens (including phenoxy) is 3. The molecule has 0 unspecified atom stereocenters. The number of para-hydroxylation sites is 1. The van der Waals surface area contributed by atoms with Crippen LogP contribution in [0.1, 0.15) is 31.2 Å². The van der Waals surface area contributed by atoms with Gasteiger partial charge < -0.3 is 24.5 Å². The number of hydrogen-bond acceptors (Lipinski definition) is 6. The van der Waals surface area contributed by atoms with Crippen molar-refractivity contribution < 1.29 is 19.0 Å². The van der Waals surface area contributed by atoms with Gasteiger partial charge in [-0.25, -0.2) is 0 Å². The van der Waals surface area contributed by atoms with Gasteiger partial charge in [0.1, 0.15) is 0 Å². The third kappa shape index (κ3) is 5.92. The fourth-order valence-corrected chi connectivity index (χ4v) is 3.94. The van der Waals surface area contributed by atoms with Crippen molar-refractivity contribution in [2.24, 2.45) is 0 Å². The van der Waals surface area contributed by atoms with E-state index in [4.69, 9.17) is 26.4 Å². The lowest BCUT2D eigenvalue weighted by atomic mass is 10.1. The van der Waals surface area contributed by atoms with Crippen LogP contribution < -0.4 is 25.1 Å². The molecule has 0 fully saturated rings. The number of nitrogens with zero attached hydrogens (tertiary/aromatic N) is 1. The van der Waals surface area contributed by atoms with Crippen LogP contribution in [0, 0.1) is 4.77 Å². The highest BCUT2D eigenvalue weighted by Gasteiger charge is 2.13. The molecule has 3 aromatic rings. The maximum atomic E-state index is 12.7. The van der Waals surface area contributed by atoms with E-state index >= 15 is 0 Å². The van der Waals surface area contributed by atoms with Gasteiger partial charge in [-0.05, 0) is 54.9 Å². The SMILES string of the molecule is COc1cc(CNC(=O)CCCCCn2c(=S)[nH]c3ccccc3c2=O)cc(OC)c1OC. The largest absolute Gasteiger partial charge is 0.493 e. The second kappa shape index (κ2) is 11.5. The Balaban J connectivity index is 1.47. The summed E-state index contributed by atoms with van der Waals surface area (Å²) in [5.74, 6) is 1.57. The zero-order chi connectivity index (χ0) is 23.8. The van der Waals surface area contributed by atoms with E-state index in [9.17, 15) is 9.59 Å². The van der Waals surface area contributed by atoms with Gasteiger partial charge in [-0.2, -0.15) is 0 Å². The number of rotatable bonds is 11. The molecule has 0 radical (unpaired) electrons. The molecule has 8 nitrogen and oxygen atoms in total. The lowest BCUT2D eigenvalue weighted by Gasteiger charge is -2.14. The highest BCUT2D eigenvalue weighted by atomic mass is 32.1. The first-order chi connectivity index (χ1) is 16.0. The van der Waals surface area contributed by atoms with E-state index in [0.29, 0.717) is 46.9 Å². The molecule has 9 heteroatoms. The first kappa shape index (κ1) is 24.3. The molecule has 0 saturated carbocycles. The van der Waals surface area contributed by atoms with Crippen molar-refractivity contribution in [3.8, 4) is 17.2 Å². The predicted octanol–water partition coefficient (Wildman–Crippen LogP) is 3.96. The molecule has 0 atom stereocenters. The molecule has 0 aliphatic carbocycles. The van der Waals surface area contributed by atoms with Gasteiger partial charge in [-0.3, -0.25) is 14.2 Å². The Kier molecular flexibility index (Phi) is 8.48. The first-order valence-corrected chi connectivity index (χ1v) is 11.2. The monoisotopic (exact) mass is 471 g/mol. The molecule has 1 amide bonds. The fourth-order valence-electron chi connectivity index (χ4n) is 3.66. The molecule has 33 heavy (non-hydrogen) atoms. The number of amides is 1. The van der Waals surface area contributed by atoms with E-state index in [-0.39, 0.29) is 11.5 Å². The number of nitrogens with one attached hydrogen (secondary N) is 2. The number of methoxy groups -OCH3 is 3. The number of hydrogen-bond donors (Lipinski definition) is 2. The van der Waals surface area contributed by atoms with Crippen molar-refractivity contribution in [1.29, 1.82) is 0 Å². The fraction of sp³-hybridized carbons (Fsp3) is 0.375. The molecule has 0 aliphatic heterocycles. The minimum absolute atomic E-state index is 0.0380. The smallest absolute Gasteiger partial charge is 0.262 e. The van der Waals surface area contributed by atoms with Gasteiger partial charge in [0.05, 0.1) is 32.2 Å². The Morgan fingerprint density at radius 1 is 1.03 bits per heavy atom. The Morgan fingerprint density at radius 2 is 1.73 bits per heavy atom. The van der Waals surface area contributed by atoms with Crippen LogP contribution in [-0.2, 0) is 17.9 Å². The van der Waals surface area contributed by atoms with Gasteiger partial charge in [0.25, 0.3) is 5.56 Å².